The lowest BCUT2D eigenvalue weighted by Gasteiger charge is -2.25. The smallest absolute Gasteiger partial charge is 0.296 e. The number of ether oxygens (including phenoxy) is 2. The number of nitrogens with zero attached hydrogens (tertiary/aromatic N) is 2. The number of ketones is 1. The van der Waals surface area contributed by atoms with Gasteiger partial charge in [-0.05, 0) is 72.9 Å². The molecular formula is C30H32N2O5. The van der Waals surface area contributed by atoms with Crippen LogP contribution in [-0.2, 0) is 16.1 Å². The first-order valence-corrected chi connectivity index (χ1v) is 12.3. The predicted octanol–water partition coefficient (Wildman–Crippen LogP) is 5.36. The third kappa shape index (κ3) is 5.35. The fourth-order valence-electron chi connectivity index (χ4n) is 4.50. The summed E-state index contributed by atoms with van der Waals surface area (Å²) in [5.41, 5.74) is 3.35. The maximum Gasteiger partial charge on any atom is 0.296 e. The SMILES string of the molecule is COc1cc(C)c(/C(O)=C2\C(=O)C(=O)N(Cc3ccccn3)C2c2cccc(OCC(C)C)c2)cc1C. The van der Waals surface area contributed by atoms with Crippen molar-refractivity contribution in [3.63, 3.8) is 0 Å². The Kier molecular flexibility index (Phi) is 7.62. The number of hydrogen-bond donors (Lipinski definition) is 1. The van der Waals surface area contributed by atoms with Gasteiger partial charge in [0.1, 0.15) is 17.3 Å². The topological polar surface area (TPSA) is 89.0 Å². The van der Waals surface area contributed by atoms with Crippen LogP contribution >= 0.6 is 0 Å². The highest BCUT2D eigenvalue weighted by molar-refractivity contribution is 6.46. The van der Waals surface area contributed by atoms with Crippen LogP contribution in [0.4, 0.5) is 0 Å². The molecule has 1 saturated heterocycles. The molecule has 0 bridgehead atoms. The highest BCUT2D eigenvalue weighted by Gasteiger charge is 2.46. The molecule has 1 aliphatic rings. The minimum absolute atomic E-state index is 0.0367. The van der Waals surface area contributed by atoms with Gasteiger partial charge in [0.05, 0.1) is 37.6 Å². The van der Waals surface area contributed by atoms with Crippen LogP contribution in [0.2, 0.25) is 0 Å². The molecule has 1 unspecified atom stereocenters. The minimum atomic E-state index is -0.814. The number of Topliss-reactive ketones (excluding diaryl/α,β-unsaturated/α-hetero) is 1. The van der Waals surface area contributed by atoms with Crippen LogP contribution in [0.1, 0.15) is 47.8 Å². The Morgan fingerprint density at radius 3 is 2.51 bits per heavy atom. The third-order valence-corrected chi connectivity index (χ3v) is 6.35. The summed E-state index contributed by atoms with van der Waals surface area (Å²) in [7, 11) is 1.58. The molecule has 7 heteroatoms. The minimum Gasteiger partial charge on any atom is -0.507 e. The highest BCUT2D eigenvalue weighted by Crippen LogP contribution is 2.42. The highest BCUT2D eigenvalue weighted by atomic mass is 16.5. The Morgan fingerprint density at radius 2 is 1.84 bits per heavy atom. The van der Waals surface area contributed by atoms with E-state index < -0.39 is 17.7 Å². The average molecular weight is 501 g/mol. The Balaban J connectivity index is 1.87. The Labute approximate surface area is 217 Å². The fraction of sp³-hybridized carbons (Fsp3) is 0.300. The Morgan fingerprint density at radius 1 is 1.05 bits per heavy atom. The molecule has 7 nitrogen and oxygen atoms in total. The molecule has 1 fully saturated rings. The number of pyridine rings is 1. The molecule has 3 aromatic rings. The van der Waals surface area contributed by atoms with Crippen molar-refractivity contribution < 1.29 is 24.2 Å². The van der Waals surface area contributed by atoms with E-state index in [-0.39, 0.29) is 17.9 Å². The Bertz CT molecular complexity index is 1350. The van der Waals surface area contributed by atoms with Gasteiger partial charge in [0, 0.05) is 11.8 Å². The van der Waals surface area contributed by atoms with Gasteiger partial charge in [-0.25, -0.2) is 0 Å². The van der Waals surface area contributed by atoms with Gasteiger partial charge in [0.2, 0.25) is 0 Å². The van der Waals surface area contributed by atoms with Crippen LogP contribution in [0, 0.1) is 19.8 Å². The van der Waals surface area contributed by atoms with Crippen molar-refractivity contribution in [2.24, 2.45) is 5.92 Å². The van der Waals surface area contributed by atoms with Crippen molar-refractivity contribution in [3.05, 3.63) is 94.3 Å². The summed E-state index contributed by atoms with van der Waals surface area (Å²) in [4.78, 5) is 32.6. The van der Waals surface area contributed by atoms with E-state index in [1.807, 2.05) is 50.2 Å². The third-order valence-electron chi connectivity index (χ3n) is 6.35. The average Bonchev–Trinajstić information content (AvgIpc) is 3.14. The summed E-state index contributed by atoms with van der Waals surface area (Å²) in [6.45, 7) is 8.46. The number of carbonyl (C=O) groups excluding carboxylic acids is 2. The van der Waals surface area contributed by atoms with Gasteiger partial charge in [-0.2, -0.15) is 0 Å². The monoisotopic (exact) mass is 500 g/mol. The van der Waals surface area contributed by atoms with Gasteiger partial charge in [0.25, 0.3) is 11.7 Å². The van der Waals surface area contributed by atoms with Crippen LogP contribution in [0.25, 0.3) is 5.76 Å². The number of aryl methyl sites for hydroxylation is 2. The lowest BCUT2D eigenvalue weighted by atomic mass is 9.93. The Hall–Kier alpha value is -4.13. The van der Waals surface area contributed by atoms with Gasteiger partial charge >= 0.3 is 0 Å². The molecule has 192 valence electrons. The van der Waals surface area contributed by atoms with Crippen LogP contribution in [0.5, 0.6) is 11.5 Å². The summed E-state index contributed by atoms with van der Waals surface area (Å²) in [5, 5.41) is 11.5. The zero-order chi connectivity index (χ0) is 26.7. The molecule has 0 saturated carbocycles. The van der Waals surface area contributed by atoms with Gasteiger partial charge in [-0.15, -0.1) is 0 Å². The molecule has 0 aliphatic carbocycles. The number of methoxy groups -OCH3 is 1. The quantitative estimate of drug-likeness (QED) is 0.254. The van der Waals surface area contributed by atoms with Crippen molar-refractivity contribution in [1.82, 2.24) is 9.88 Å². The molecule has 1 atom stereocenters. The van der Waals surface area contributed by atoms with Gasteiger partial charge < -0.3 is 19.5 Å². The van der Waals surface area contributed by atoms with E-state index in [0.29, 0.717) is 40.8 Å². The summed E-state index contributed by atoms with van der Waals surface area (Å²) in [5.74, 6) is -0.000873. The number of hydrogen-bond acceptors (Lipinski definition) is 6. The number of likely N-dealkylation sites (tertiary alicyclic amines) is 1. The summed E-state index contributed by atoms with van der Waals surface area (Å²) in [6, 6.07) is 15.5. The second-order valence-electron chi connectivity index (χ2n) is 9.66. The molecule has 0 radical (unpaired) electrons. The van der Waals surface area contributed by atoms with E-state index >= 15 is 0 Å². The van der Waals surface area contributed by atoms with Gasteiger partial charge in [0.15, 0.2) is 0 Å². The zero-order valence-corrected chi connectivity index (χ0v) is 21.8. The number of carbonyl (C=O) groups is 2. The van der Waals surface area contributed by atoms with E-state index in [2.05, 4.69) is 18.8 Å². The molecule has 1 N–H and O–H groups in total. The molecule has 1 aliphatic heterocycles. The lowest BCUT2D eigenvalue weighted by Crippen LogP contribution is -2.29. The largest absolute Gasteiger partial charge is 0.507 e. The molecule has 2 heterocycles. The molecular weight excluding hydrogens is 468 g/mol. The number of aliphatic hydroxyl groups excluding tert-OH is 1. The molecule has 2 aromatic carbocycles. The van der Waals surface area contributed by atoms with Crippen molar-refractivity contribution in [1.29, 1.82) is 0 Å². The number of aromatic nitrogens is 1. The molecule has 1 aromatic heterocycles. The summed E-state index contributed by atoms with van der Waals surface area (Å²) < 4.78 is 11.3. The van der Waals surface area contributed by atoms with Crippen LogP contribution in [0.3, 0.4) is 0 Å². The first kappa shape index (κ1) is 25.9. The lowest BCUT2D eigenvalue weighted by molar-refractivity contribution is -0.140. The number of aliphatic hydroxyl groups is 1. The van der Waals surface area contributed by atoms with E-state index in [4.69, 9.17) is 9.47 Å². The van der Waals surface area contributed by atoms with E-state index in [9.17, 15) is 14.7 Å². The van der Waals surface area contributed by atoms with Crippen molar-refractivity contribution in [2.45, 2.75) is 40.3 Å². The van der Waals surface area contributed by atoms with E-state index in [1.54, 1.807) is 31.5 Å². The second kappa shape index (κ2) is 10.9. The van der Waals surface area contributed by atoms with Crippen LogP contribution < -0.4 is 9.47 Å². The first-order chi connectivity index (χ1) is 17.7. The maximum absolute atomic E-state index is 13.4. The van der Waals surface area contributed by atoms with Crippen molar-refractivity contribution >= 4 is 17.4 Å². The molecule has 1 amide bonds. The van der Waals surface area contributed by atoms with Crippen molar-refractivity contribution in [2.75, 3.05) is 13.7 Å². The molecule has 0 spiro atoms. The normalized spacial score (nSPS) is 16.9. The fourth-order valence-corrected chi connectivity index (χ4v) is 4.50. The van der Waals surface area contributed by atoms with Crippen molar-refractivity contribution in [3.8, 4) is 11.5 Å². The van der Waals surface area contributed by atoms with E-state index in [1.165, 1.54) is 4.90 Å². The predicted molar refractivity (Wildman–Crippen MR) is 141 cm³/mol. The first-order valence-electron chi connectivity index (χ1n) is 12.3. The molecule has 4 rings (SSSR count). The van der Waals surface area contributed by atoms with E-state index in [0.717, 1.165) is 11.1 Å². The van der Waals surface area contributed by atoms with Crippen LogP contribution in [0.15, 0.2) is 66.4 Å². The number of amides is 1. The van der Waals surface area contributed by atoms with Gasteiger partial charge in [-0.1, -0.05) is 32.0 Å². The summed E-state index contributed by atoms with van der Waals surface area (Å²) in [6.07, 6.45) is 1.64. The molecule has 37 heavy (non-hydrogen) atoms. The number of benzene rings is 2. The van der Waals surface area contributed by atoms with Crippen LogP contribution in [-0.4, -0.2) is 40.4 Å². The standard InChI is InChI=1S/C30H32N2O5/c1-18(2)17-37-23-11-8-9-21(15-23)27-26(28(33)24-13-20(4)25(36-5)14-19(24)3)29(34)30(35)32(27)16-22-10-6-7-12-31-22/h6-15,18,27,33H,16-17H2,1-5H3/b28-26+. The summed E-state index contributed by atoms with van der Waals surface area (Å²) >= 11 is 0. The second-order valence-corrected chi connectivity index (χ2v) is 9.66. The zero-order valence-electron chi connectivity index (χ0n) is 21.8. The maximum atomic E-state index is 13.4. The number of rotatable bonds is 8. The van der Waals surface area contributed by atoms with Gasteiger partial charge in [-0.3, -0.25) is 14.6 Å².